The number of amides is 1. The van der Waals surface area contributed by atoms with E-state index in [0.717, 1.165) is 41.5 Å². The van der Waals surface area contributed by atoms with Gasteiger partial charge in [-0.15, -0.1) is 0 Å². The first kappa shape index (κ1) is 23.0. The van der Waals surface area contributed by atoms with Crippen LogP contribution in [0, 0.1) is 22.7 Å². The molecule has 0 radical (unpaired) electrons. The third kappa shape index (κ3) is 3.83. The number of methoxy groups -OCH3 is 1. The van der Waals surface area contributed by atoms with Gasteiger partial charge in [-0.1, -0.05) is 30.3 Å². The highest BCUT2D eigenvalue weighted by atomic mass is 16.5. The number of carbonyl (C=O) groups is 1. The number of rotatable bonds is 9. The summed E-state index contributed by atoms with van der Waals surface area (Å²) in [6, 6.07) is 15.7. The molecule has 3 fully saturated rings. The number of fused-ring (bicyclic) bond motifs is 1. The maximum Gasteiger partial charge on any atom is 0.419 e. The molecule has 2 aromatic carbocycles. The van der Waals surface area contributed by atoms with E-state index in [1.54, 1.807) is 11.7 Å². The minimum absolute atomic E-state index is 0.0422. The topological polar surface area (TPSA) is 109 Å². The van der Waals surface area contributed by atoms with Crippen molar-refractivity contribution in [3.05, 3.63) is 58.6 Å². The zero-order chi connectivity index (χ0) is 24.9. The number of hydrogen-bond donors (Lipinski definition) is 2. The van der Waals surface area contributed by atoms with Crippen LogP contribution in [0.3, 0.4) is 0 Å². The van der Waals surface area contributed by atoms with Crippen molar-refractivity contribution in [3.63, 3.8) is 0 Å². The van der Waals surface area contributed by atoms with E-state index in [-0.39, 0.29) is 17.7 Å². The van der Waals surface area contributed by atoms with Crippen molar-refractivity contribution in [2.75, 3.05) is 13.7 Å². The Morgan fingerprint density at radius 1 is 1.31 bits per heavy atom. The number of oxazole rings is 1. The van der Waals surface area contributed by atoms with Gasteiger partial charge in [0.05, 0.1) is 17.6 Å². The highest BCUT2D eigenvalue weighted by molar-refractivity contribution is 5.84. The van der Waals surface area contributed by atoms with E-state index in [1.165, 1.54) is 6.42 Å². The van der Waals surface area contributed by atoms with Gasteiger partial charge in [0.15, 0.2) is 5.58 Å². The van der Waals surface area contributed by atoms with E-state index in [4.69, 9.17) is 9.15 Å². The number of ether oxygens (including phenoxy) is 1. The molecule has 36 heavy (non-hydrogen) atoms. The summed E-state index contributed by atoms with van der Waals surface area (Å²) in [6.45, 7) is 1.10. The smallest absolute Gasteiger partial charge is 0.408 e. The number of carbonyl (C=O) groups excluding carboxylic acids is 1. The largest absolute Gasteiger partial charge is 0.419 e. The summed E-state index contributed by atoms with van der Waals surface area (Å²) in [5, 5.41) is 16.1. The number of benzene rings is 2. The summed E-state index contributed by atoms with van der Waals surface area (Å²) in [5.41, 5.74) is 4.66. The third-order valence-corrected chi connectivity index (χ3v) is 8.43. The van der Waals surface area contributed by atoms with Crippen LogP contribution in [-0.4, -0.2) is 42.3 Å². The molecule has 2 heterocycles. The Bertz CT molecular complexity index is 1400. The summed E-state index contributed by atoms with van der Waals surface area (Å²) in [5.74, 6) is 0.0358. The lowest BCUT2D eigenvalue weighted by atomic mass is 9.76. The molecule has 1 saturated heterocycles. The van der Waals surface area contributed by atoms with Crippen molar-refractivity contribution in [1.82, 2.24) is 15.2 Å². The van der Waals surface area contributed by atoms with Crippen LogP contribution in [0.2, 0.25) is 0 Å². The van der Waals surface area contributed by atoms with Gasteiger partial charge in [0.2, 0.25) is 5.91 Å². The number of hydrogen-bond acceptors (Lipinski definition) is 6. The summed E-state index contributed by atoms with van der Waals surface area (Å²) in [4.78, 5) is 25.1. The van der Waals surface area contributed by atoms with E-state index in [2.05, 4.69) is 16.7 Å². The predicted molar refractivity (Wildman–Crippen MR) is 134 cm³/mol. The van der Waals surface area contributed by atoms with Crippen LogP contribution >= 0.6 is 0 Å². The minimum Gasteiger partial charge on any atom is -0.408 e. The first-order valence-corrected chi connectivity index (χ1v) is 12.7. The molecule has 1 aromatic heterocycles. The molecular weight excluding hydrogens is 456 g/mol. The molecular formula is C28H30N4O4. The summed E-state index contributed by atoms with van der Waals surface area (Å²) < 4.78 is 12.1. The Balaban J connectivity index is 1.13. The Labute approximate surface area is 209 Å². The van der Waals surface area contributed by atoms with Crippen molar-refractivity contribution in [1.29, 1.82) is 5.26 Å². The molecule has 3 aliphatic rings. The monoisotopic (exact) mass is 486 g/mol. The fourth-order valence-corrected chi connectivity index (χ4v) is 6.27. The maximum absolute atomic E-state index is 12.9. The van der Waals surface area contributed by atoms with E-state index < -0.39 is 6.04 Å². The van der Waals surface area contributed by atoms with Gasteiger partial charge >= 0.3 is 5.76 Å². The zero-order valence-electron chi connectivity index (χ0n) is 20.3. The van der Waals surface area contributed by atoms with E-state index in [0.29, 0.717) is 42.5 Å². The molecule has 8 nitrogen and oxygen atoms in total. The van der Waals surface area contributed by atoms with Crippen molar-refractivity contribution in [2.45, 2.75) is 56.8 Å². The number of aryl methyl sites for hydroxylation is 1. The van der Waals surface area contributed by atoms with Crippen LogP contribution in [-0.2, 0) is 22.5 Å². The lowest BCUT2D eigenvalue weighted by Crippen LogP contribution is -2.50. The van der Waals surface area contributed by atoms with E-state index in [1.807, 2.05) is 42.5 Å². The lowest BCUT2D eigenvalue weighted by Gasteiger charge is -2.34. The summed E-state index contributed by atoms with van der Waals surface area (Å²) in [6.07, 6.45) is 4.71. The first-order chi connectivity index (χ1) is 17.5. The summed E-state index contributed by atoms with van der Waals surface area (Å²) in [7, 11) is 1.64. The van der Waals surface area contributed by atoms with E-state index in [9.17, 15) is 14.9 Å². The average Bonchev–Trinajstić information content (AvgIpc) is 3.51. The van der Waals surface area contributed by atoms with Gasteiger partial charge in [0, 0.05) is 32.7 Å². The fraction of sp³-hybridized carbons (Fsp3) is 0.464. The molecule has 6 rings (SSSR count). The molecule has 8 heteroatoms. The maximum atomic E-state index is 12.9. The zero-order valence-corrected chi connectivity index (χ0v) is 20.3. The van der Waals surface area contributed by atoms with Crippen molar-refractivity contribution >= 4 is 17.0 Å². The van der Waals surface area contributed by atoms with Gasteiger partial charge in [-0.05, 0) is 65.8 Å². The first-order valence-electron chi connectivity index (χ1n) is 12.7. The van der Waals surface area contributed by atoms with Gasteiger partial charge < -0.3 is 19.8 Å². The quantitative estimate of drug-likeness (QED) is 0.450. The van der Waals surface area contributed by atoms with Gasteiger partial charge in [0.1, 0.15) is 6.04 Å². The van der Waals surface area contributed by atoms with Crippen molar-refractivity contribution in [2.24, 2.45) is 11.3 Å². The van der Waals surface area contributed by atoms with E-state index >= 15 is 0 Å². The number of nitriles is 1. The van der Waals surface area contributed by atoms with Crippen LogP contribution in [0.15, 0.2) is 51.7 Å². The van der Waals surface area contributed by atoms with Gasteiger partial charge in [-0.3, -0.25) is 9.36 Å². The van der Waals surface area contributed by atoms with Gasteiger partial charge in [0.25, 0.3) is 0 Å². The number of aromatic nitrogens is 1. The molecule has 186 valence electrons. The minimum atomic E-state index is -0.568. The fourth-order valence-electron chi connectivity index (χ4n) is 6.27. The molecule has 2 saturated carbocycles. The second kappa shape index (κ2) is 8.91. The highest BCUT2D eigenvalue weighted by Crippen LogP contribution is 2.70. The van der Waals surface area contributed by atoms with Gasteiger partial charge in [-0.25, -0.2) is 4.79 Å². The third-order valence-electron chi connectivity index (χ3n) is 8.43. The Hall–Kier alpha value is -3.41. The lowest BCUT2D eigenvalue weighted by molar-refractivity contribution is -0.123. The molecule has 5 atom stereocenters. The number of nitrogens with one attached hydrogen (secondary N) is 2. The number of piperidine rings is 1. The molecule has 1 unspecified atom stereocenters. The van der Waals surface area contributed by atoms with Crippen LogP contribution < -0.4 is 16.4 Å². The highest BCUT2D eigenvalue weighted by Gasteiger charge is 2.72. The molecule has 2 N–H and O–H groups in total. The molecule has 1 amide bonds. The molecule has 2 aliphatic carbocycles. The van der Waals surface area contributed by atoms with Gasteiger partial charge in [-0.2, -0.15) is 5.26 Å². The standard InChI is InChI=1S/C28H30N4O4/c1-35-12-2-11-32-22-14-19(7-8-23(22)36-27(32)34)18-5-3-17(4-6-18)13-20(16-29)30-26(33)25-21-15-28(21)10-9-24(28)31-25/h3-8,14,20-21,24-25,31H,2,9-13,15H2,1H3,(H,30,33)/t20-,21-,24+,25-,28?/m0/s1. The Kier molecular flexibility index (Phi) is 5.70. The molecule has 1 spiro atoms. The molecule has 0 bridgehead atoms. The van der Waals surface area contributed by atoms with Crippen LogP contribution in [0.4, 0.5) is 0 Å². The second-order valence-corrected chi connectivity index (χ2v) is 10.4. The molecule has 3 aromatic rings. The SMILES string of the molecule is COCCCn1c(=O)oc2ccc(-c3ccc(C[C@@H](C#N)NC(=O)[C@H]4N[C@@H]5CCC56C[C@@H]46)cc3)cc21. The predicted octanol–water partition coefficient (Wildman–Crippen LogP) is 2.99. The normalized spacial score (nSPS) is 26.5. The van der Waals surface area contributed by atoms with Crippen molar-refractivity contribution in [3.8, 4) is 17.2 Å². The molecule has 1 aliphatic heterocycles. The Morgan fingerprint density at radius 3 is 2.75 bits per heavy atom. The summed E-state index contributed by atoms with van der Waals surface area (Å²) >= 11 is 0. The number of nitrogens with zero attached hydrogens (tertiary/aromatic N) is 2. The van der Waals surface area contributed by atoms with Crippen LogP contribution in [0.25, 0.3) is 22.2 Å². The average molecular weight is 487 g/mol. The van der Waals surface area contributed by atoms with Crippen LogP contribution in [0.1, 0.15) is 31.2 Å². The van der Waals surface area contributed by atoms with Crippen LogP contribution in [0.5, 0.6) is 0 Å². The second-order valence-electron chi connectivity index (χ2n) is 10.4. The van der Waals surface area contributed by atoms with Crippen molar-refractivity contribution < 1.29 is 13.9 Å². The Morgan fingerprint density at radius 2 is 2.11 bits per heavy atom.